The number of ether oxygens (including phenoxy) is 1. The summed E-state index contributed by atoms with van der Waals surface area (Å²) < 4.78 is 18.9. The number of benzene rings is 2. The zero-order valence-corrected chi connectivity index (χ0v) is 10.9. The number of hydrogen-bond acceptors (Lipinski definition) is 2. The molecule has 0 amide bonds. The number of methoxy groups -OCH3 is 1. The van der Waals surface area contributed by atoms with Gasteiger partial charge in [-0.15, -0.1) is 0 Å². The molecule has 0 unspecified atom stereocenters. The highest BCUT2D eigenvalue weighted by atomic mass is 19.1. The van der Waals surface area contributed by atoms with E-state index in [0.717, 1.165) is 36.2 Å². The quantitative estimate of drug-likeness (QED) is 0.882. The molecule has 2 nitrogen and oxygen atoms in total. The van der Waals surface area contributed by atoms with E-state index < -0.39 is 0 Å². The van der Waals surface area contributed by atoms with Crippen LogP contribution in [-0.4, -0.2) is 13.7 Å². The molecule has 0 radical (unpaired) electrons. The lowest BCUT2D eigenvalue weighted by Gasteiger charge is -2.22. The SMILES string of the molecule is COc1ccc(F)cc1-c1cccc2c1NCCC2. The number of para-hydroxylation sites is 1. The van der Waals surface area contributed by atoms with Crippen LogP contribution in [0.1, 0.15) is 12.0 Å². The largest absolute Gasteiger partial charge is 0.496 e. The van der Waals surface area contributed by atoms with E-state index in [1.807, 2.05) is 12.1 Å². The van der Waals surface area contributed by atoms with Crippen LogP contribution in [0.4, 0.5) is 10.1 Å². The molecule has 0 atom stereocenters. The lowest BCUT2D eigenvalue weighted by molar-refractivity contribution is 0.415. The molecule has 19 heavy (non-hydrogen) atoms. The fourth-order valence-electron chi connectivity index (χ4n) is 2.62. The van der Waals surface area contributed by atoms with Crippen LogP contribution in [0, 0.1) is 5.82 Å². The lowest BCUT2D eigenvalue weighted by atomic mass is 9.95. The summed E-state index contributed by atoms with van der Waals surface area (Å²) in [5.74, 6) is 0.450. The molecular formula is C16H16FNO. The first-order chi connectivity index (χ1) is 9.29. The fraction of sp³-hybridized carbons (Fsp3) is 0.250. The monoisotopic (exact) mass is 257 g/mol. The van der Waals surface area contributed by atoms with Crippen molar-refractivity contribution >= 4 is 5.69 Å². The van der Waals surface area contributed by atoms with E-state index in [1.54, 1.807) is 13.2 Å². The molecule has 0 aromatic heterocycles. The van der Waals surface area contributed by atoms with Gasteiger partial charge in [0.05, 0.1) is 7.11 Å². The highest BCUT2D eigenvalue weighted by molar-refractivity contribution is 5.84. The van der Waals surface area contributed by atoms with Crippen molar-refractivity contribution in [3.63, 3.8) is 0 Å². The molecule has 0 aliphatic carbocycles. The number of halogens is 1. The third-order valence-corrected chi connectivity index (χ3v) is 3.53. The molecule has 0 saturated carbocycles. The molecule has 2 aromatic carbocycles. The molecule has 0 fully saturated rings. The molecule has 0 bridgehead atoms. The first-order valence-electron chi connectivity index (χ1n) is 6.49. The van der Waals surface area contributed by atoms with Gasteiger partial charge in [-0.1, -0.05) is 18.2 Å². The maximum atomic E-state index is 13.5. The van der Waals surface area contributed by atoms with Crippen LogP contribution in [0.3, 0.4) is 0 Å². The van der Waals surface area contributed by atoms with Gasteiger partial charge in [-0.25, -0.2) is 4.39 Å². The van der Waals surface area contributed by atoms with E-state index in [0.29, 0.717) is 5.75 Å². The summed E-state index contributed by atoms with van der Waals surface area (Å²) in [5, 5.41) is 3.42. The maximum absolute atomic E-state index is 13.5. The van der Waals surface area contributed by atoms with Crippen molar-refractivity contribution in [2.75, 3.05) is 19.0 Å². The highest BCUT2D eigenvalue weighted by Gasteiger charge is 2.16. The molecule has 3 rings (SSSR count). The van der Waals surface area contributed by atoms with E-state index in [-0.39, 0.29) is 5.82 Å². The molecular weight excluding hydrogens is 241 g/mol. The smallest absolute Gasteiger partial charge is 0.126 e. The Morgan fingerprint density at radius 1 is 1.16 bits per heavy atom. The van der Waals surface area contributed by atoms with Gasteiger partial charge in [-0.05, 0) is 36.6 Å². The average Bonchev–Trinajstić information content (AvgIpc) is 2.46. The van der Waals surface area contributed by atoms with Gasteiger partial charge in [0.2, 0.25) is 0 Å². The molecule has 3 heteroatoms. The molecule has 1 heterocycles. The fourth-order valence-corrected chi connectivity index (χ4v) is 2.62. The van der Waals surface area contributed by atoms with Gasteiger partial charge in [-0.3, -0.25) is 0 Å². The van der Waals surface area contributed by atoms with Crippen LogP contribution in [0.5, 0.6) is 5.75 Å². The van der Waals surface area contributed by atoms with Gasteiger partial charge in [-0.2, -0.15) is 0 Å². The Bertz CT molecular complexity index is 610. The van der Waals surface area contributed by atoms with Crippen molar-refractivity contribution in [3.05, 3.63) is 47.8 Å². The van der Waals surface area contributed by atoms with Crippen LogP contribution in [0.2, 0.25) is 0 Å². The lowest BCUT2D eigenvalue weighted by Crippen LogP contribution is -2.12. The molecule has 98 valence electrons. The number of rotatable bonds is 2. The predicted octanol–water partition coefficient (Wildman–Crippen LogP) is 3.86. The van der Waals surface area contributed by atoms with Gasteiger partial charge >= 0.3 is 0 Å². The molecule has 0 saturated heterocycles. The third-order valence-electron chi connectivity index (χ3n) is 3.53. The Kier molecular flexibility index (Phi) is 3.11. The Balaban J connectivity index is 2.19. The van der Waals surface area contributed by atoms with E-state index in [4.69, 9.17) is 4.74 Å². The zero-order valence-electron chi connectivity index (χ0n) is 10.9. The molecule has 2 aromatic rings. The van der Waals surface area contributed by atoms with E-state index in [2.05, 4.69) is 11.4 Å². The Hall–Kier alpha value is -2.03. The van der Waals surface area contributed by atoms with Crippen molar-refractivity contribution in [1.82, 2.24) is 0 Å². The van der Waals surface area contributed by atoms with Crippen LogP contribution in [0.25, 0.3) is 11.1 Å². The van der Waals surface area contributed by atoms with Crippen molar-refractivity contribution < 1.29 is 9.13 Å². The van der Waals surface area contributed by atoms with Crippen molar-refractivity contribution in [3.8, 4) is 16.9 Å². The summed E-state index contributed by atoms with van der Waals surface area (Å²) in [6.07, 6.45) is 2.20. The summed E-state index contributed by atoms with van der Waals surface area (Å²) in [5.41, 5.74) is 4.20. The summed E-state index contributed by atoms with van der Waals surface area (Å²) >= 11 is 0. The van der Waals surface area contributed by atoms with Crippen molar-refractivity contribution in [2.45, 2.75) is 12.8 Å². The molecule has 1 aliphatic rings. The van der Waals surface area contributed by atoms with E-state index >= 15 is 0 Å². The number of nitrogens with one attached hydrogen (secondary N) is 1. The Labute approximate surface area is 112 Å². The predicted molar refractivity (Wildman–Crippen MR) is 75.2 cm³/mol. The summed E-state index contributed by atoms with van der Waals surface area (Å²) in [6.45, 7) is 0.960. The highest BCUT2D eigenvalue weighted by Crippen LogP contribution is 2.38. The number of fused-ring (bicyclic) bond motifs is 1. The van der Waals surface area contributed by atoms with Crippen molar-refractivity contribution in [1.29, 1.82) is 0 Å². The minimum atomic E-state index is -0.246. The maximum Gasteiger partial charge on any atom is 0.126 e. The number of aryl methyl sites for hydroxylation is 1. The van der Waals surface area contributed by atoms with Gasteiger partial charge in [0.25, 0.3) is 0 Å². The van der Waals surface area contributed by atoms with Gasteiger partial charge < -0.3 is 10.1 Å². The first kappa shape index (κ1) is 12.0. The minimum absolute atomic E-state index is 0.246. The molecule has 1 N–H and O–H groups in total. The zero-order chi connectivity index (χ0) is 13.2. The van der Waals surface area contributed by atoms with E-state index in [9.17, 15) is 4.39 Å². The Morgan fingerprint density at radius 3 is 2.89 bits per heavy atom. The number of hydrogen-bond donors (Lipinski definition) is 1. The second-order valence-corrected chi connectivity index (χ2v) is 4.71. The van der Waals surface area contributed by atoms with Crippen LogP contribution < -0.4 is 10.1 Å². The standard InChI is InChI=1S/C16H16FNO/c1-19-15-8-7-12(17)10-14(15)13-6-2-4-11-5-3-9-18-16(11)13/h2,4,6-8,10,18H,3,5,9H2,1H3. The molecule has 1 aliphatic heterocycles. The van der Waals surface area contributed by atoms with Crippen LogP contribution in [0.15, 0.2) is 36.4 Å². The summed E-state index contributed by atoms with van der Waals surface area (Å²) in [6, 6.07) is 10.8. The van der Waals surface area contributed by atoms with Crippen molar-refractivity contribution in [2.24, 2.45) is 0 Å². The normalized spacial score (nSPS) is 13.6. The number of anilines is 1. The van der Waals surface area contributed by atoms with Crippen LogP contribution >= 0.6 is 0 Å². The Morgan fingerprint density at radius 2 is 2.05 bits per heavy atom. The minimum Gasteiger partial charge on any atom is -0.496 e. The van der Waals surface area contributed by atoms with Gasteiger partial charge in [0.1, 0.15) is 11.6 Å². The van der Waals surface area contributed by atoms with Gasteiger partial charge in [0.15, 0.2) is 0 Å². The third kappa shape index (κ3) is 2.16. The topological polar surface area (TPSA) is 21.3 Å². The van der Waals surface area contributed by atoms with Crippen LogP contribution in [-0.2, 0) is 6.42 Å². The summed E-state index contributed by atoms with van der Waals surface area (Å²) in [4.78, 5) is 0. The molecule has 0 spiro atoms. The van der Waals surface area contributed by atoms with E-state index in [1.165, 1.54) is 17.7 Å². The summed E-state index contributed by atoms with van der Waals surface area (Å²) in [7, 11) is 1.61. The van der Waals surface area contributed by atoms with Gasteiger partial charge in [0, 0.05) is 23.4 Å². The average molecular weight is 257 g/mol. The first-order valence-corrected chi connectivity index (χ1v) is 6.49. The second kappa shape index (κ2) is 4.92. The second-order valence-electron chi connectivity index (χ2n) is 4.71.